The summed E-state index contributed by atoms with van der Waals surface area (Å²) in [6.45, 7) is 2.17. The van der Waals surface area contributed by atoms with Gasteiger partial charge in [-0.25, -0.2) is 0 Å². The summed E-state index contributed by atoms with van der Waals surface area (Å²) in [6, 6.07) is 6.20. The van der Waals surface area contributed by atoms with Crippen molar-refractivity contribution in [2.24, 2.45) is 0 Å². The smallest absolute Gasteiger partial charge is 0.108 e. The molecule has 0 aliphatic rings. The molecule has 0 bridgehead atoms. The Kier molecular flexibility index (Phi) is 2.80. The van der Waals surface area contributed by atoms with Crippen LogP contribution in [0, 0.1) is 0 Å². The Morgan fingerprint density at radius 3 is 3.15 bits per heavy atom. The lowest BCUT2D eigenvalue weighted by Crippen LogP contribution is -1.83. The average Bonchev–Trinajstić information content (AvgIpc) is 2.62. The second-order valence-corrected chi connectivity index (χ2v) is 4.49. The molecule has 2 rings (SSSR count). The first-order valence-electron chi connectivity index (χ1n) is 4.19. The van der Waals surface area contributed by atoms with Crippen LogP contribution in [0.5, 0.6) is 0 Å². The Bertz CT molecular complexity index is 397. The highest BCUT2D eigenvalue weighted by Crippen LogP contribution is 2.20. The van der Waals surface area contributed by atoms with Crippen molar-refractivity contribution in [3.05, 3.63) is 23.8 Å². The van der Waals surface area contributed by atoms with Crippen molar-refractivity contribution < 1.29 is 0 Å². The van der Waals surface area contributed by atoms with E-state index in [1.165, 1.54) is 17.3 Å². The Morgan fingerprint density at radius 2 is 2.31 bits per heavy atom. The van der Waals surface area contributed by atoms with Crippen LogP contribution in [0.2, 0.25) is 0 Å². The van der Waals surface area contributed by atoms with Crippen molar-refractivity contribution >= 4 is 34.5 Å². The summed E-state index contributed by atoms with van der Waals surface area (Å²) in [4.78, 5) is 0. The summed E-state index contributed by atoms with van der Waals surface area (Å²) in [6.07, 6.45) is 0. The van der Waals surface area contributed by atoms with Gasteiger partial charge in [-0.1, -0.05) is 19.1 Å². The van der Waals surface area contributed by atoms with E-state index in [-0.39, 0.29) is 0 Å². The van der Waals surface area contributed by atoms with E-state index in [2.05, 4.69) is 27.8 Å². The average molecular weight is 210 g/mol. The molecule has 0 aliphatic carbocycles. The second kappa shape index (κ2) is 4.07. The molecular formula is C9H10N2S2. The van der Waals surface area contributed by atoms with Gasteiger partial charge in [-0.2, -0.15) is 20.5 Å². The number of thioether (sulfide) groups is 1. The highest BCUT2D eigenvalue weighted by Gasteiger charge is 2.03. The summed E-state index contributed by atoms with van der Waals surface area (Å²) in [7, 11) is 0. The van der Waals surface area contributed by atoms with Crippen LogP contribution in [-0.2, 0) is 5.75 Å². The molecular weight excluding hydrogens is 200 g/mol. The largest absolute Gasteiger partial charge is 0.173 e. The summed E-state index contributed by atoms with van der Waals surface area (Å²) >= 11 is 3.21. The molecule has 0 unspecified atom stereocenters. The van der Waals surface area contributed by atoms with Crippen molar-refractivity contribution in [1.29, 1.82) is 0 Å². The maximum atomic E-state index is 4.29. The molecule has 0 fully saturated rings. The Hall–Kier alpha value is -0.610. The van der Waals surface area contributed by atoms with Crippen molar-refractivity contribution in [3.8, 4) is 0 Å². The van der Waals surface area contributed by atoms with E-state index < -0.39 is 0 Å². The highest BCUT2D eigenvalue weighted by molar-refractivity contribution is 7.98. The van der Waals surface area contributed by atoms with Gasteiger partial charge in [-0.05, 0) is 17.4 Å². The third-order valence-corrected chi connectivity index (χ3v) is 3.30. The van der Waals surface area contributed by atoms with Crippen LogP contribution in [0.4, 0.5) is 0 Å². The lowest BCUT2D eigenvalue weighted by Gasteiger charge is -1.98. The zero-order valence-electron chi connectivity index (χ0n) is 7.36. The third kappa shape index (κ3) is 1.84. The van der Waals surface area contributed by atoms with E-state index in [4.69, 9.17) is 0 Å². The van der Waals surface area contributed by atoms with Gasteiger partial charge in [0, 0.05) is 5.75 Å². The van der Waals surface area contributed by atoms with Crippen LogP contribution >= 0.6 is 23.5 Å². The Balaban J connectivity index is 2.37. The molecule has 0 spiro atoms. The first-order valence-corrected chi connectivity index (χ1v) is 6.08. The predicted octanol–water partition coefficient (Wildman–Crippen LogP) is 2.94. The van der Waals surface area contributed by atoms with Gasteiger partial charge in [0.15, 0.2) is 0 Å². The van der Waals surface area contributed by atoms with Gasteiger partial charge >= 0.3 is 0 Å². The Morgan fingerprint density at radius 1 is 1.38 bits per heavy atom. The molecule has 0 atom stereocenters. The van der Waals surface area contributed by atoms with Crippen LogP contribution in [0.25, 0.3) is 11.0 Å². The molecule has 4 heteroatoms. The number of fused-ring (bicyclic) bond motifs is 1. The summed E-state index contributed by atoms with van der Waals surface area (Å²) in [5.41, 5.74) is 3.41. The number of aromatic nitrogens is 2. The minimum Gasteiger partial charge on any atom is -0.173 e. The maximum absolute atomic E-state index is 4.29. The minimum atomic E-state index is 1.03. The fraction of sp³-hybridized carbons (Fsp3) is 0.333. The normalized spacial score (nSPS) is 10.8. The zero-order valence-corrected chi connectivity index (χ0v) is 8.99. The summed E-state index contributed by atoms with van der Waals surface area (Å²) < 4.78 is 8.50. The van der Waals surface area contributed by atoms with E-state index in [0.29, 0.717) is 0 Å². The van der Waals surface area contributed by atoms with E-state index in [0.717, 1.165) is 22.5 Å². The van der Waals surface area contributed by atoms with E-state index in [1.54, 1.807) is 0 Å². The van der Waals surface area contributed by atoms with Crippen LogP contribution in [-0.4, -0.2) is 14.5 Å². The monoisotopic (exact) mass is 210 g/mol. The molecule has 0 amide bonds. The first-order chi connectivity index (χ1) is 6.42. The van der Waals surface area contributed by atoms with Gasteiger partial charge in [-0.3, -0.25) is 0 Å². The molecule has 0 N–H and O–H groups in total. The summed E-state index contributed by atoms with van der Waals surface area (Å²) in [5.74, 6) is 2.19. The number of benzene rings is 1. The van der Waals surface area contributed by atoms with Crippen LogP contribution in [0.1, 0.15) is 12.5 Å². The lowest BCUT2D eigenvalue weighted by atomic mass is 10.2. The van der Waals surface area contributed by atoms with Crippen LogP contribution in [0.3, 0.4) is 0 Å². The highest BCUT2D eigenvalue weighted by atomic mass is 32.2. The number of hydrogen-bond acceptors (Lipinski definition) is 4. The number of rotatable bonds is 3. The molecule has 13 heavy (non-hydrogen) atoms. The maximum Gasteiger partial charge on any atom is 0.108 e. The van der Waals surface area contributed by atoms with Gasteiger partial charge < -0.3 is 0 Å². The molecule has 68 valence electrons. The fourth-order valence-corrected chi connectivity index (χ4v) is 2.42. The molecule has 0 saturated carbocycles. The van der Waals surface area contributed by atoms with Gasteiger partial charge in [0.05, 0.1) is 11.7 Å². The lowest BCUT2D eigenvalue weighted by molar-refractivity contribution is 1.41. The summed E-state index contributed by atoms with van der Waals surface area (Å²) in [5, 5.41) is 0. The predicted molar refractivity (Wildman–Crippen MR) is 59.3 cm³/mol. The molecule has 0 radical (unpaired) electrons. The molecule has 0 saturated heterocycles. The van der Waals surface area contributed by atoms with Crippen LogP contribution < -0.4 is 0 Å². The molecule has 1 aromatic carbocycles. The quantitative estimate of drug-likeness (QED) is 0.779. The van der Waals surface area contributed by atoms with Gasteiger partial charge in [0.1, 0.15) is 11.0 Å². The van der Waals surface area contributed by atoms with Gasteiger partial charge in [0.25, 0.3) is 0 Å². The molecule has 2 aromatic rings. The van der Waals surface area contributed by atoms with E-state index >= 15 is 0 Å². The van der Waals surface area contributed by atoms with Gasteiger partial charge in [0.2, 0.25) is 0 Å². The van der Waals surface area contributed by atoms with Crippen molar-refractivity contribution in [3.63, 3.8) is 0 Å². The zero-order chi connectivity index (χ0) is 9.10. The van der Waals surface area contributed by atoms with Crippen molar-refractivity contribution in [2.75, 3.05) is 5.75 Å². The van der Waals surface area contributed by atoms with E-state index in [1.807, 2.05) is 17.8 Å². The standard InChI is InChI=1S/C9H10N2S2/c1-2-12-6-7-4-3-5-8-9(7)11-13-10-8/h3-5H,2,6H2,1H3. The molecule has 0 aliphatic heterocycles. The van der Waals surface area contributed by atoms with Crippen LogP contribution in [0.15, 0.2) is 18.2 Å². The topological polar surface area (TPSA) is 25.8 Å². The fourth-order valence-electron chi connectivity index (χ4n) is 1.19. The number of nitrogens with zero attached hydrogens (tertiary/aromatic N) is 2. The second-order valence-electron chi connectivity index (χ2n) is 2.69. The van der Waals surface area contributed by atoms with Crippen molar-refractivity contribution in [2.45, 2.75) is 12.7 Å². The van der Waals surface area contributed by atoms with Crippen molar-refractivity contribution in [1.82, 2.24) is 8.75 Å². The molecule has 1 heterocycles. The first kappa shape index (κ1) is 8.97. The number of hydrogen-bond donors (Lipinski definition) is 0. The van der Waals surface area contributed by atoms with Gasteiger partial charge in [-0.15, -0.1) is 0 Å². The molecule has 2 nitrogen and oxygen atoms in total. The minimum absolute atomic E-state index is 1.03. The Labute approximate surface area is 85.7 Å². The SMILES string of the molecule is CCSCc1cccc2nsnc12. The molecule has 1 aromatic heterocycles. The van der Waals surface area contributed by atoms with E-state index in [9.17, 15) is 0 Å². The third-order valence-electron chi connectivity index (χ3n) is 1.83.